The zero-order valence-electron chi connectivity index (χ0n) is 9.96. The number of hydrogen-bond acceptors (Lipinski definition) is 4. The molecule has 0 saturated carbocycles. The van der Waals surface area contributed by atoms with Gasteiger partial charge in [-0.05, 0) is 6.20 Å². The van der Waals surface area contributed by atoms with Crippen molar-refractivity contribution in [2.75, 3.05) is 0 Å². The molecule has 0 aromatic carbocycles. The minimum atomic E-state index is -0.504. The van der Waals surface area contributed by atoms with Gasteiger partial charge < -0.3 is 32.5 Å². The minimum absolute atomic E-state index is 0. The van der Waals surface area contributed by atoms with Gasteiger partial charge in [0.15, 0.2) is 0 Å². The number of carbonyl (C=O) groups excluding carboxylic acids is 1. The molecule has 0 N–H and O–H groups in total. The molecule has 2 heterocycles. The molecule has 2 aromatic rings. The van der Waals surface area contributed by atoms with Gasteiger partial charge in [0, 0.05) is 0 Å². The number of pyridine rings is 1. The molecule has 0 radical (unpaired) electrons. The first-order valence-electron chi connectivity index (χ1n) is 4.33. The number of aromatic nitrogens is 3. The summed E-state index contributed by atoms with van der Waals surface area (Å²) in [5.41, 5.74) is 0.148. The van der Waals surface area contributed by atoms with E-state index >= 15 is 0 Å². The zero-order valence-corrected chi connectivity index (χ0v) is 12.7. The summed E-state index contributed by atoms with van der Waals surface area (Å²) in [6.07, 6.45) is 5.26. The Kier molecular flexibility index (Phi) is 7.70. The van der Waals surface area contributed by atoms with E-state index in [0.717, 1.165) is 0 Å². The Morgan fingerprint density at radius 1 is 1.33 bits per heavy atom. The van der Waals surface area contributed by atoms with E-state index < -0.39 is 5.91 Å². The smallest absolute Gasteiger partial charge is 0.448 e. The third-order valence-corrected chi connectivity index (χ3v) is 1.85. The van der Waals surface area contributed by atoms with Gasteiger partial charge in [-0.2, -0.15) is 0 Å². The predicted molar refractivity (Wildman–Crippen MR) is 63.9 cm³/mol. The predicted octanol–water partition coefficient (Wildman–Crippen LogP) is -0.375. The molecule has 0 aliphatic heterocycles. The molecular formula is C11H8ClN4NaO-2. The number of hydrogen-bond donors (Lipinski definition) is 0. The fraction of sp³-hybridized carbons (Fsp3) is 0. The van der Waals surface area contributed by atoms with Crippen LogP contribution in [0.3, 0.4) is 0 Å². The topological polar surface area (TPSA) is 69.8 Å². The monoisotopic (exact) mass is 270 g/mol. The number of carbonyl (C=O) groups is 1. The first-order chi connectivity index (χ1) is 7.75. The van der Waals surface area contributed by atoms with E-state index in [1.165, 1.54) is 6.20 Å². The molecule has 0 unspecified atom stereocenters. The molecule has 2 rings (SSSR count). The molecule has 5 nitrogen and oxygen atoms in total. The van der Waals surface area contributed by atoms with Gasteiger partial charge in [0.25, 0.3) is 0 Å². The van der Waals surface area contributed by atoms with Crippen LogP contribution in [0.25, 0.3) is 5.32 Å². The van der Waals surface area contributed by atoms with E-state index in [1.54, 1.807) is 24.4 Å². The second-order valence-electron chi connectivity index (χ2n) is 2.77. The second kappa shape index (κ2) is 8.16. The minimum Gasteiger partial charge on any atom is -0.448 e. The molecule has 0 saturated heterocycles. The Morgan fingerprint density at radius 2 is 2.11 bits per heavy atom. The molecule has 0 spiro atoms. The number of rotatable bonds is 2. The van der Waals surface area contributed by atoms with Crippen LogP contribution in [-0.4, -0.2) is 20.9 Å². The summed E-state index contributed by atoms with van der Waals surface area (Å²) in [5.74, 6) is -0.175. The molecule has 0 atom stereocenters. The van der Waals surface area contributed by atoms with Crippen LogP contribution in [0.1, 0.15) is 10.4 Å². The van der Waals surface area contributed by atoms with Gasteiger partial charge in [-0.3, -0.25) is 0 Å². The van der Waals surface area contributed by atoms with E-state index in [2.05, 4.69) is 26.5 Å². The van der Waals surface area contributed by atoms with Crippen LogP contribution in [-0.2, 0) is 0 Å². The van der Waals surface area contributed by atoms with Gasteiger partial charge in [-0.25, -0.2) is 0 Å². The van der Waals surface area contributed by atoms with E-state index in [4.69, 9.17) is 11.6 Å². The van der Waals surface area contributed by atoms with E-state index in [1.807, 2.05) is 0 Å². The van der Waals surface area contributed by atoms with Gasteiger partial charge in [0.2, 0.25) is 0 Å². The maximum Gasteiger partial charge on any atom is 1.00 e. The summed E-state index contributed by atoms with van der Waals surface area (Å²) < 4.78 is 0. The van der Waals surface area contributed by atoms with Crippen molar-refractivity contribution >= 4 is 23.3 Å². The first kappa shape index (κ1) is 17.0. The molecule has 1 amide bonds. The SMILES string of the molecule is O=C([N-]c1ccccn1)c1[c-]nc(Cl)nc1.[CH3-].[Na+]. The van der Waals surface area contributed by atoms with Crippen LogP contribution in [0.5, 0.6) is 0 Å². The fourth-order valence-electron chi connectivity index (χ4n) is 0.969. The number of nitrogens with zero attached hydrogens (tertiary/aromatic N) is 4. The van der Waals surface area contributed by atoms with Crippen LogP contribution >= 0.6 is 11.6 Å². The van der Waals surface area contributed by atoms with Crippen LogP contribution in [0.2, 0.25) is 5.28 Å². The Hall–Kier alpha value is -1.01. The molecule has 0 aliphatic carbocycles. The number of amides is 1. The van der Waals surface area contributed by atoms with Gasteiger partial charge in [-0.1, -0.05) is 42.0 Å². The Labute approximate surface area is 132 Å². The van der Waals surface area contributed by atoms with Crippen LogP contribution in [0.15, 0.2) is 30.6 Å². The maximum atomic E-state index is 11.6. The molecule has 0 bridgehead atoms. The molecule has 88 valence electrons. The van der Waals surface area contributed by atoms with Crippen LogP contribution in [0, 0.1) is 13.6 Å². The van der Waals surface area contributed by atoms with Crippen molar-refractivity contribution in [3.05, 3.63) is 60.4 Å². The summed E-state index contributed by atoms with van der Waals surface area (Å²) in [7, 11) is 0. The zero-order chi connectivity index (χ0) is 11.4. The van der Waals surface area contributed by atoms with Crippen molar-refractivity contribution in [2.45, 2.75) is 0 Å². The Balaban J connectivity index is 0.00000144. The van der Waals surface area contributed by atoms with E-state index in [0.29, 0.717) is 5.82 Å². The summed E-state index contributed by atoms with van der Waals surface area (Å²) >= 11 is 5.47. The van der Waals surface area contributed by atoms with Crippen molar-refractivity contribution in [3.63, 3.8) is 0 Å². The van der Waals surface area contributed by atoms with Gasteiger partial charge in [0.1, 0.15) is 5.28 Å². The molecule has 7 heteroatoms. The second-order valence-corrected chi connectivity index (χ2v) is 3.11. The van der Waals surface area contributed by atoms with Gasteiger partial charge in [0.05, 0.1) is 5.91 Å². The third-order valence-electron chi connectivity index (χ3n) is 1.66. The standard InChI is InChI=1S/C10H6ClN4O.CH3.Na/c11-10-13-5-7(6-14-10)9(16)15-8-3-1-2-4-12-8;;/h1-5H,(H,12,15,16);1H3;/q2*-1;+1/p-1. The van der Waals surface area contributed by atoms with E-state index in [9.17, 15) is 4.79 Å². The average molecular weight is 271 g/mol. The summed E-state index contributed by atoms with van der Waals surface area (Å²) in [5, 5.41) is 3.79. The van der Waals surface area contributed by atoms with Crippen LogP contribution < -0.4 is 29.6 Å². The Bertz CT molecular complexity index is 492. The Morgan fingerprint density at radius 3 is 2.67 bits per heavy atom. The van der Waals surface area contributed by atoms with Crippen molar-refractivity contribution in [1.82, 2.24) is 15.0 Å². The maximum absolute atomic E-state index is 11.6. The van der Waals surface area contributed by atoms with Crippen molar-refractivity contribution in [3.8, 4) is 0 Å². The third kappa shape index (κ3) is 4.70. The summed E-state index contributed by atoms with van der Waals surface area (Å²) in [4.78, 5) is 22.7. The van der Waals surface area contributed by atoms with Gasteiger partial charge >= 0.3 is 29.6 Å². The van der Waals surface area contributed by atoms with Gasteiger partial charge in [-0.15, -0.1) is 11.6 Å². The molecule has 18 heavy (non-hydrogen) atoms. The largest absolute Gasteiger partial charge is 1.00 e. The molecule has 0 aliphatic rings. The molecular weight excluding hydrogens is 263 g/mol. The van der Waals surface area contributed by atoms with Crippen molar-refractivity contribution < 1.29 is 34.4 Å². The first-order valence-corrected chi connectivity index (χ1v) is 4.71. The number of halogens is 1. The average Bonchev–Trinajstić information content (AvgIpc) is 2.31. The molecule has 2 aromatic heterocycles. The van der Waals surface area contributed by atoms with Crippen molar-refractivity contribution in [2.24, 2.45) is 0 Å². The fourth-order valence-corrected chi connectivity index (χ4v) is 1.06. The summed E-state index contributed by atoms with van der Waals surface area (Å²) in [6, 6.07) is 5.09. The van der Waals surface area contributed by atoms with Crippen molar-refractivity contribution in [1.29, 1.82) is 0 Å². The quantitative estimate of drug-likeness (QED) is 0.424. The summed E-state index contributed by atoms with van der Waals surface area (Å²) in [6.45, 7) is 0. The van der Waals surface area contributed by atoms with Crippen LogP contribution in [0.4, 0.5) is 5.82 Å². The normalized spacial score (nSPS) is 8.72. The molecule has 0 fully saturated rings. The van der Waals surface area contributed by atoms with E-state index in [-0.39, 0.29) is 47.8 Å².